The molecule has 144 valence electrons. The average molecular weight is 383 g/mol. The van der Waals surface area contributed by atoms with Crippen molar-refractivity contribution in [1.82, 2.24) is 9.78 Å². The third kappa shape index (κ3) is 3.85. The van der Waals surface area contributed by atoms with Crippen LogP contribution in [0.25, 0.3) is 5.69 Å². The molecule has 0 aliphatic carbocycles. The van der Waals surface area contributed by atoms with E-state index in [2.05, 4.69) is 10.4 Å². The summed E-state index contributed by atoms with van der Waals surface area (Å²) in [6, 6.07) is 10.4. The minimum Gasteiger partial charge on any atom is -0.496 e. The molecule has 28 heavy (non-hydrogen) atoms. The lowest BCUT2D eigenvalue weighted by atomic mass is 10.1. The van der Waals surface area contributed by atoms with E-state index < -0.39 is 5.97 Å². The molecule has 1 aromatic heterocycles. The zero-order valence-electron chi connectivity index (χ0n) is 15.5. The number of halogens is 1. The first kappa shape index (κ1) is 19.1. The van der Waals surface area contributed by atoms with Gasteiger partial charge in [-0.2, -0.15) is 5.10 Å². The molecule has 0 radical (unpaired) electrons. The van der Waals surface area contributed by atoms with Gasteiger partial charge in [0.1, 0.15) is 17.1 Å². The van der Waals surface area contributed by atoms with E-state index >= 15 is 0 Å². The molecule has 0 saturated carbocycles. The van der Waals surface area contributed by atoms with Gasteiger partial charge in [0.25, 0.3) is 5.91 Å². The Hall–Kier alpha value is -3.68. The summed E-state index contributed by atoms with van der Waals surface area (Å²) in [6.07, 6.45) is 1.57. The molecule has 0 aliphatic heterocycles. The Morgan fingerprint density at radius 3 is 2.43 bits per heavy atom. The molecule has 1 N–H and O–H groups in total. The highest BCUT2D eigenvalue weighted by atomic mass is 19.1. The van der Waals surface area contributed by atoms with Crippen LogP contribution < -0.4 is 10.1 Å². The number of hydrogen-bond donors (Lipinski definition) is 1. The third-order valence-corrected chi connectivity index (χ3v) is 4.10. The number of aromatic nitrogens is 2. The van der Waals surface area contributed by atoms with E-state index in [4.69, 9.17) is 9.47 Å². The number of aryl methyl sites for hydroxylation is 1. The van der Waals surface area contributed by atoms with Gasteiger partial charge in [0, 0.05) is 18.0 Å². The second-order valence-electron chi connectivity index (χ2n) is 5.91. The maximum absolute atomic E-state index is 13.1. The lowest BCUT2D eigenvalue weighted by Crippen LogP contribution is -2.13. The first-order chi connectivity index (χ1) is 13.4. The van der Waals surface area contributed by atoms with Gasteiger partial charge in [-0.1, -0.05) is 0 Å². The summed E-state index contributed by atoms with van der Waals surface area (Å²) in [5.41, 5.74) is 2.21. The van der Waals surface area contributed by atoms with Gasteiger partial charge in [-0.05, 0) is 43.3 Å². The van der Waals surface area contributed by atoms with Crippen molar-refractivity contribution < 1.29 is 23.5 Å². The van der Waals surface area contributed by atoms with E-state index in [1.807, 2.05) is 0 Å². The molecule has 0 fully saturated rings. The average Bonchev–Trinajstić information content (AvgIpc) is 3.09. The monoisotopic (exact) mass is 383 g/mol. The molecule has 0 atom stereocenters. The maximum atomic E-state index is 13.1. The number of nitrogens with zero attached hydrogens (tertiary/aromatic N) is 2. The van der Waals surface area contributed by atoms with Crippen LogP contribution in [0.3, 0.4) is 0 Å². The van der Waals surface area contributed by atoms with Crippen molar-refractivity contribution in [1.29, 1.82) is 0 Å². The fraction of sp³-hybridized carbons (Fsp3) is 0.150. The highest BCUT2D eigenvalue weighted by Crippen LogP contribution is 2.24. The second kappa shape index (κ2) is 7.91. The summed E-state index contributed by atoms with van der Waals surface area (Å²) in [6.45, 7) is 1.70. The fourth-order valence-electron chi connectivity index (χ4n) is 2.66. The summed E-state index contributed by atoms with van der Waals surface area (Å²) in [5, 5.41) is 7.05. The van der Waals surface area contributed by atoms with Crippen LogP contribution in [-0.2, 0) is 4.74 Å². The number of esters is 1. The zero-order chi connectivity index (χ0) is 20.3. The number of anilines is 1. The summed E-state index contributed by atoms with van der Waals surface area (Å²) in [4.78, 5) is 24.4. The van der Waals surface area contributed by atoms with Gasteiger partial charge in [-0.3, -0.25) is 4.79 Å². The van der Waals surface area contributed by atoms with Gasteiger partial charge in [0.2, 0.25) is 0 Å². The smallest absolute Gasteiger partial charge is 0.341 e. The second-order valence-corrected chi connectivity index (χ2v) is 5.91. The number of amides is 1. The molecule has 0 bridgehead atoms. The first-order valence-electron chi connectivity index (χ1n) is 8.33. The van der Waals surface area contributed by atoms with E-state index in [1.54, 1.807) is 31.3 Å². The van der Waals surface area contributed by atoms with Crippen molar-refractivity contribution in [2.24, 2.45) is 0 Å². The van der Waals surface area contributed by atoms with Crippen LogP contribution in [0, 0.1) is 12.7 Å². The van der Waals surface area contributed by atoms with Crippen LogP contribution in [0.2, 0.25) is 0 Å². The summed E-state index contributed by atoms with van der Waals surface area (Å²) < 4.78 is 24.5. The molecule has 2 aromatic carbocycles. The Labute approximate surface area is 160 Å². The minimum absolute atomic E-state index is 0.253. The lowest BCUT2D eigenvalue weighted by Gasteiger charge is -2.10. The molecule has 3 rings (SSSR count). The summed E-state index contributed by atoms with van der Waals surface area (Å²) in [5.74, 6) is -0.983. The Balaban J connectivity index is 1.83. The van der Waals surface area contributed by atoms with E-state index in [1.165, 1.54) is 43.2 Å². The number of benzene rings is 2. The fourth-order valence-corrected chi connectivity index (χ4v) is 2.66. The Kier molecular flexibility index (Phi) is 5.39. The van der Waals surface area contributed by atoms with Gasteiger partial charge in [0.15, 0.2) is 0 Å². The number of ether oxygens (including phenoxy) is 2. The largest absolute Gasteiger partial charge is 0.496 e. The number of hydrogen-bond acceptors (Lipinski definition) is 5. The molecule has 0 spiro atoms. The van der Waals surface area contributed by atoms with Gasteiger partial charge in [-0.25, -0.2) is 13.9 Å². The topological polar surface area (TPSA) is 82.5 Å². The molecule has 1 amide bonds. The minimum atomic E-state index is -0.536. The third-order valence-electron chi connectivity index (χ3n) is 4.10. The number of carbonyl (C=O) groups is 2. The van der Waals surface area contributed by atoms with Crippen LogP contribution in [-0.4, -0.2) is 35.9 Å². The molecule has 3 aromatic rings. The Bertz CT molecular complexity index is 1030. The van der Waals surface area contributed by atoms with Gasteiger partial charge < -0.3 is 14.8 Å². The number of carbonyl (C=O) groups excluding carboxylic acids is 2. The SMILES string of the molecule is COC(=O)c1ccc(NC(=O)c2cn(-c3ccc(F)cc3)nc2C)cc1OC. The van der Waals surface area contributed by atoms with Crippen LogP contribution in [0.5, 0.6) is 5.75 Å². The Morgan fingerprint density at radius 2 is 1.79 bits per heavy atom. The van der Waals surface area contributed by atoms with Crippen LogP contribution in [0.1, 0.15) is 26.4 Å². The summed E-state index contributed by atoms with van der Waals surface area (Å²) >= 11 is 0. The summed E-state index contributed by atoms with van der Waals surface area (Å²) in [7, 11) is 2.70. The standard InChI is InChI=1S/C20H18FN3O4/c1-12-17(11-24(23-12)15-7-4-13(21)5-8-15)19(25)22-14-6-9-16(20(26)28-3)18(10-14)27-2/h4-11H,1-3H3,(H,22,25). The number of nitrogens with one attached hydrogen (secondary N) is 1. The molecule has 0 unspecified atom stereocenters. The van der Waals surface area contributed by atoms with Crippen molar-refractivity contribution in [3.05, 3.63) is 71.3 Å². The number of methoxy groups -OCH3 is 2. The van der Waals surface area contributed by atoms with Crippen molar-refractivity contribution in [3.63, 3.8) is 0 Å². The van der Waals surface area contributed by atoms with Crippen LogP contribution in [0.4, 0.5) is 10.1 Å². The van der Waals surface area contributed by atoms with E-state index in [0.29, 0.717) is 22.6 Å². The van der Waals surface area contributed by atoms with Crippen LogP contribution >= 0.6 is 0 Å². The highest BCUT2D eigenvalue weighted by Gasteiger charge is 2.17. The van der Waals surface area contributed by atoms with Gasteiger partial charge in [-0.15, -0.1) is 0 Å². The number of rotatable bonds is 5. The normalized spacial score (nSPS) is 10.4. The molecule has 8 heteroatoms. The van der Waals surface area contributed by atoms with E-state index in [-0.39, 0.29) is 23.0 Å². The molecule has 0 aliphatic rings. The molecular weight excluding hydrogens is 365 g/mol. The van der Waals surface area contributed by atoms with Crippen molar-refractivity contribution >= 4 is 17.6 Å². The molecule has 7 nitrogen and oxygen atoms in total. The van der Waals surface area contributed by atoms with E-state index in [9.17, 15) is 14.0 Å². The maximum Gasteiger partial charge on any atom is 0.341 e. The van der Waals surface area contributed by atoms with Crippen molar-refractivity contribution in [3.8, 4) is 11.4 Å². The molecule has 1 heterocycles. The molecular formula is C20H18FN3O4. The van der Waals surface area contributed by atoms with Crippen molar-refractivity contribution in [2.45, 2.75) is 6.92 Å². The van der Waals surface area contributed by atoms with Crippen molar-refractivity contribution in [2.75, 3.05) is 19.5 Å². The van der Waals surface area contributed by atoms with Gasteiger partial charge >= 0.3 is 5.97 Å². The zero-order valence-corrected chi connectivity index (χ0v) is 15.5. The predicted molar refractivity (Wildman–Crippen MR) is 101 cm³/mol. The Morgan fingerprint density at radius 1 is 1.07 bits per heavy atom. The highest BCUT2D eigenvalue weighted by molar-refractivity contribution is 6.05. The lowest BCUT2D eigenvalue weighted by molar-refractivity contribution is 0.0597. The van der Waals surface area contributed by atoms with E-state index in [0.717, 1.165) is 0 Å². The quantitative estimate of drug-likeness (QED) is 0.683. The van der Waals surface area contributed by atoms with Gasteiger partial charge in [0.05, 0.1) is 31.2 Å². The first-order valence-corrected chi connectivity index (χ1v) is 8.33. The molecule has 0 saturated heterocycles. The van der Waals surface area contributed by atoms with Crippen LogP contribution in [0.15, 0.2) is 48.7 Å². The predicted octanol–water partition coefficient (Wildman–Crippen LogP) is 3.37.